The molecule has 1 aromatic heterocycles. The standard InChI is InChI=1S/C14H24ClN3/c1-10-11(12(15)18(4)17-10)8-14(16)7-5-6-13(2,3)9-14/h5-9,16H2,1-4H3. The van der Waals surface area contributed by atoms with Gasteiger partial charge in [0.05, 0.1) is 5.69 Å². The Kier molecular flexibility index (Phi) is 3.50. The molecule has 1 saturated carbocycles. The summed E-state index contributed by atoms with van der Waals surface area (Å²) in [6.07, 6.45) is 5.47. The van der Waals surface area contributed by atoms with Crippen LogP contribution in [0.4, 0.5) is 0 Å². The maximum atomic E-state index is 6.62. The molecule has 3 nitrogen and oxygen atoms in total. The van der Waals surface area contributed by atoms with E-state index in [9.17, 15) is 0 Å². The van der Waals surface area contributed by atoms with Gasteiger partial charge in [-0.1, -0.05) is 31.9 Å². The Bertz CT molecular complexity index is 450. The molecule has 1 unspecified atom stereocenters. The Balaban J connectivity index is 2.22. The Labute approximate surface area is 115 Å². The zero-order valence-corrected chi connectivity index (χ0v) is 12.6. The van der Waals surface area contributed by atoms with Crippen molar-refractivity contribution in [3.05, 3.63) is 16.4 Å². The minimum Gasteiger partial charge on any atom is -0.325 e. The van der Waals surface area contributed by atoms with Crippen LogP contribution in [0.15, 0.2) is 0 Å². The van der Waals surface area contributed by atoms with Gasteiger partial charge in [0, 0.05) is 18.2 Å². The van der Waals surface area contributed by atoms with Crippen LogP contribution < -0.4 is 5.73 Å². The lowest BCUT2D eigenvalue weighted by molar-refractivity contribution is 0.151. The highest BCUT2D eigenvalue weighted by Crippen LogP contribution is 2.42. The third-order valence-corrected chi connectivity index (χ3v) is 4.63. The molecule has 4 heteroatoms. The van der Waals surface area contributed by atoms with Gasteiger partial charge in [0.25, 0.3) is 0 Å². The summed E-state index contributed by atoms with van der Waals surface area (Å²) in [5, 5.41) is 5.11. The lowest BCUT2D eigenvalue weighted by atomic mass is 9.66. The van der Waals surface area contributed by atoms with Crippen molar-refractivity contribution in [2.45, 2.75) is 58.4 Å². The molecule has 0 spiro atoms. The minimum atomic E-state index is -0.126. The summed E-state index contributed by atoms with van der Waals surface area (Å²) < 4.78 is 1.74. The average Bonchev–Trinajstić information content (AvgIpc) is 2.43. The lowest BCUT2D eigenvalue weighted by Gasteiger charge is -2.42. The largest absolute Gasteiger partial charge is 0.325 e. The zero-order chi connectivity index (χ0) is 13.6. The Hall–Kier alpha value is -0.540. The minimum absolute atomic E-state index is 0.126. The van der Waals surface area contributed by atoms with Crippen LogP contribution in [-0.2, 0) is 13.5 Å². The number of aromatic nitrogens is 2. The van der Waals surface area contributed by atoms with Crippen LogP contribution in [0.1, 0.15) is 50.8 Å². The molecule has 1 fully saturated rings. The van der Waals surface area contributed by atoms with Crippen LogP contribution in [0.3, 0.4) is 0 Å². The second-order valence-corrected chi connectivity index (χ2v) is 7.07. The van der Waals surface area contributed by atoms with E-state index in [0.717, 1.165) is 35.7 Å². The topological polar surface area (TPSA) is 43.8 Å². The van der Waals surface area contributed by atoms with Gasteiger partial charge in [-0.3, -0.25) is 4.68 Å². The smallest absolute Gasteiger partial charge is 0.130 e. The van der Waals surface area contributed by atoms with Gasteiger partial charge in [0.15, 0.2) is 0 Å². The molecule has 1 aliphatic rings. The first kappa shape index (κ1) is 13.9. The fourth-order valence-electron chi connectivity index (χ4n) is 3.43. The third kappa shape index (κ3) is 2.72. The second kappa shape index (κ2) is 4.53. The fourth-order valence-corrected chi connectivity index (χ4v) is 3.67. The van der Waals surface area contributed by atoms with Gasteiger partial charge in [0.1, 0.15) is 5.15 Å². The quantitative estimate of drug-likeness (QED) is 0.896. The van der Waals surface area contributed by atoms with Crippen molar-refractivity contribution in [3.63, 3.8) is 0 Å². The van der Waals surface area contributed by atoms with Crippen molar-refractivity contribution in [2.75, 3.05) is 0 Å². The second-order valence-electron chi connectivity index (χ2n) is 6.71. The molecule has 1 aliphatic carbocycles. The summed E-state index contributed by atoms with van der Waals surface area (Å²) in [7, 11) is 1.88. The van der Waals surface area contributed by atoms with Crippen LogP contribution >= 0.6 is 11.6 Å². The Morgan fingerprint density at radius 1 is 1.39 bits per heavy atom. The first-order valence-corrected chi connectivity index (χ1v) is 7.07. The van der Waals surface area contributed by atoms with Crippen LogP contribution in [0.2, 0.25) is 5.15 Å². The molecule has 0 amide bonds. The average molecular weight is 270 g/mol. The van der Waals surface area contributed by atoms with Crippen molar-refractivity contribution in [1.29, 1.82) is 0 Å². The van der Waals surface area contributed by atoms with Gasteiger partial charge < -0.3 is 5.73 Å². The summed E-state index contributed by atoms with van der Waals surface area (Å²) in [6.45, 7) is 6.63. The molecule has 0 bridgehead atoms. The Morgan fingerprint density at radius 2 is 2.06 bits per heavy atom. The first-order valence-electron chi connectivity index (χ1n) is 6.69. The number of halogens is 1. The van der Waals surface area contributed by atoms with Crippen molar-refractivity contribution >= 4 is 11.6 Å². The van der Waals surface area contributed by atoms with Gasteiger partial charge in [-0.25, -0.2) is 0 Å². The normalized spacial score (nSPS) is 27.4. The van der Waals surface area contributed by atoms with E-state index < -0.39 is 0 Å². The Morgan fingerprint density at radius 3 is 2.56 bits per heavy atom. The third-order valence-electron chi connectivity index (χ3n) is 4.16. The summed E-state index contributed by atoms with van der Waals surface area (Å²) in [5.41, 5.74) is 8.97. The molecule has 0 aliphatic heterocycles. The van der Waals surface area contributed by atoms with E-state index in [1.807, 2.05) is 14.0 Å². The van der Waals surface area contributed by atoms with Gasteiger partial charge >= 0.3 is 0 Å². The van der Waals surface area contributed by atoms with E-state index in [-0.39, 0.29) is 5.54 Å². The van der Waals surface area contributed by atoms with Crippen molar-refractivity contribution in [3.8, 4) is 0 Å². The van der Waals surface area contributed by atoms with E-state index in [1.165, 1.54) is 12.8 Å². The van der Waals surface area contributed by atoms with Gasteiger partial charge in [-0.2, -0.15) is 5.10 Å². The summed E-state index contributed by atoms with van der Waals surface area (Å²) >= 11 is 6.31. The molecule has 1 aromatic rings. The van der Waals surface area contributed by atoms with Crippen molar-refractivity contribution in [2.24, 2.45) is 18.2 Å². The van der Waals surface area contributed by atoms with Gasteiger partial charge in [-0.05, 0) is 38.0 Å². The number of nitrogens with two attached hydrogens (primary N) is 1. The molecule has 0 saturated heterocycles. The monoisotopic (exact) mass is 269 g/mol. The molecule has 0 aromatic carbocycles. The molecular weight excluding hydrogens is 246 g/mol. The van der Waals surface area contributed by atoms with E-state index in [2.05, 4.69) is 18.9 Å². The fraction of sp³-hybridized carbons (Fsp3) is 0.786. The maximum Gasteiger partial charge on any atom is 0.130 e. The number of aryl methyl sites for hydroxylation is 2. The highest BCUT2D eigenvalue weighted by Gasteiger charge is 2.38. The van der Waals surface area contributed by atoms with Gasteiger partial charge in [-0.15, -0.1) is 0 Å². The van der Waals surface area contributed by atoms with Crippen LogP contribution in [0.25, 0.3) is 0 Å². The van der Waals surface area contributed by atoms with E-state index in [0.29, 0.717) is 5.41 Å². The van der Waals surface area contributed by atoms with Crippen molar-refractivity contribution < 1.29 is 0 Å². The molecule has 102 valence electrons. The SMILES string of the molecule is Cc1nn(C)c(Cl)c1CC1(N)CCCC(C)(C)C1. The van der Waals surface area contributed by atoms with E-state index in [4.69, 9.17) is 17.3 Å². The number of hydrogen-bond donors (Lipinski definition) is 1. The molecular formula is C14H24ClN3. The molecule has 1 heterocycles. The highest BCUT2D eigenvalue weighted by atomic mass is 35.5. The van der Waals surface area contributed by atoms with Crippen LogP contribution in [0, 0.1) is 12.3 Å². The van der Waals surface area contributed by atoms with E-state index >= 15 is 0 Å². The number of rotatable bonds is 2. The molecule has 1 atom stereocenters. The lowest BCUT2D eigenvalue weighted by Crippen LogP contribution is -2.48. The first-order chi connectivity index (χ1) is 8.22. The predicted octanol–water partition coefficient (Wildman–Crippen LogP) is 3.22. The molecule has 18 heavy (non-hydrogen) atoms. The molecule has 2 rings (SSSR count). The van der Waals surface area contributed by atoms with E-state index in [1.54, 1.807) is 4.68 Å². The zero-order valence-electron chi connectivity index (χ0n) is 11.9. The number of nitrogens with zero attached hydrogens (tertiary/aromatic N) is 2. The predicted molar refractivity (Wildman–Crippen MR) is 75.8 cm³/mol. The number of hydrogen-bond acceptors (Lipinski definition) is 2. The van der Waals surface area contributed by atoms with Crippen LogP contribution in [-0.4, -0.2) is 15.3 Å². The molecule has 2 N–H and O–H groups in total. The van der Waals surface area contributed by atoms with Gasteiger partial charge in [0.2, 0.25) is 0 Å². The molecule has 0 radical (unpaired) electrons. The van der Waals surface area contributed by atoms with Crippen molar-refractivity contribution in [1.82, 2.24) is 9.78 Å². The summed E-state index contributed by atoms with van der Waals surface area (Å²) in [5.74, 6) is 0. The summed E-state index contributed by atoms with van der Waals surface area (Å²) in [6, 6.07) is 0. The summed E-state index contributed by atoms with van der Waals surface area (Å²) in [4.78, 5) is 0. The maximum absolute atomic E-state index is 6.62. The van der Waals surface area contributed by atoms with Crippen LogP contribution in [0.5, 0.6) is 0 Å². The highest BCUT2D eigenvalue weighted by molar-refractivity contribution is 6.30.